The summed E-state index contributed by atoms with van der Waals surface area (Å²) >= 11 is 1.67. The first kappa shape index (κ1) is 16.0. The summed E-state index contributed by atoms with van der Waals surface area (Å²) in [6, 6.07) is 15.8. The Morgan fingerprint density at radius 3 is 2.69 bits per heavy atom. The Labute approximate surface area is 154 Å². The number of rotatable bonds is 4. The van der Waals surface area contributed by atoms with E-state index < -0.39 is 0 Å². The number of aromatic nitrogens is 2. The summed E-state index contributed by atoms with van der Waals surface area (Å²) in [4.78, 5) is 9.10. The van der Waals surface area contributed by atoms with Crippen molar-refractivity contribution in [3.05, 3.63) is 60.3 Å². The molecule has 2 aromatic carbocycles. The highest BCUT2D eigenvalue weighted by Crippen LogP contribution is 2.39. The maximum Gasteiger partial charge on any atom is 0.221 e. The Balaban J connectivity index is 1.82. The summed E-state index contributed by atoms with van der Waals surface area (Å²) in [6.45, 7) is 0. The number of nitrogens with two attached hydrogens (primary N) is 2. The lowest BCUT2D eigenvalue weighted by atomic mass is 10.0. The monoisotopic (exact) mass is 360 g/mol. The van der Waals surface area contributed by atoms with Crippen LogP contribution in [-0.4, -0.2) is 16.2 Å². The molecule has 0 aliphatic heterocycles. The smallest absolute Gasteiger partial charge is 0.221 e. The minimum Gasteiger partial charge on any atom is -0.398 e. The maximum absolute atomic E-state index is 7.69. The summed E-state index contributed by atoms with van der Waals surface area (Å²) in [7, 11) is 0. The van der Waals surface area contributed by atoms with E-state index in [1.807, 2.05) is 24.3 Å². The highest BCUT2D eigenvalue weighted by Gasteiger charge is 2.12. The third-order valence-corrected chi connectivity index (χ3v) is 5.15. The predicted octanol–water partition coefficient (Wildman–Crippen LogP) is 4.26. The van der Waals surface area contributed by atoms with Gasteiger partial charge < -0.3 is 22.2 Å². The summed E-state index contributed by atoms with van der Waals surface area (Å²) in [5, 5.41) is 12.1. The quantitative estimate of drug-likeness (QED) is 0.321. The zero-order valence-electron chi connectivity index (χ0n) is 13.7. The lowest BCUT2D eigenvalue weighted by Crippen LogP contribution is -2.02. The van der Waals surface area contributed by atoms with Crippen LogP contribution in [0, 0.1) is 5.41 Å². The Morgan fingerprint density at radius 1 is 1.08 bits per heavy atom. The third-order valence-electron chi connectivity index (χ3n) is 4.01. The van der Waals surface area contributed by atoms with Crippen LogP contribution in [0.25, 0.3) is 20.5 Å². The van der Waals surface area contributed by atoms with Crippen molar-refractivity contribution in [2.45, 2.75) is 0 Å². The van der Waals surface area contributed by atoms with Gasteiger partial charge in [-0.3, -0.25) is 0 Å². The third kappa shape index (κ3) is 2.96. The van der Waals surface area contributed by atoms with Crippen LogP contribution in [0.15, 0.2) is 54.7 Å². The van der Waals surface area contributed by atoms with Crippen molar-refractivity contribution < 1.29 is 0 Å². The molecule has 0 saturated carbocycles. The van der Waals surface area contributed by atoms with Gasteiger partial charge in [0.05, 0.1) is 0 Å². The average molecular weight is 360 g/mol. The highest BCUT2D eigenvalue weighted by molar-refractivity contribution is 7.22. The first-order valence-corrected chi connectivity index (χ1v) is 8.74. The summed E-state index contributed by atoms with van der Waals surface area (Å²) < 4.78 is 1.19. The predicted molar refractivity (Wildman–Crippen MR) is 109 cm³/mol. The molecule has 4 rings (SSSR count). The zero-order chi connectivity index (χ0) is 18.1. The van der Waals surface area contributed by atoms with Gasteiger partial charge in [0, 0.05) is 44.5 Å². The van der Waals surface area contributed by atoms with E-state index in [0.717, 1.165) is 16.1 Å². The largest absolute Gasteiger partial charge is 0.398 e. The fourth-order valence-electron chi connectivity index (χ4n) is 2.78. The van der Waals surface area contributed by atoms with E-state index >= 15 is 0 Å². The number of hydrogen-bond donors (Lipinski definition) is 4. The van der Waals surface area contributed by atoms with E-state index in [9.17, 15) is 0 Å². The van der Waals surface area contributed by atoms with Gasteiger partial charge in [0.25, 0.3) is 0 Å². The van der Waals surface area contributed by atoms with Gasteiger partial charge in [-0.25, -0.2) is 4.98 Å². The zero-order valence-corrected chi connectivity index (χ0v) is 14.5. The number of fused-ring (bicyclic) bond motifs is 1. The van der Waals surface area contributed by atoms with Crippen molar-refractivity contribution in [3.8, 4) is 10.4 Å². The molecule has 0 saturated heterocycles. The second kappa shape index (κ2) is 6.45. The van der Waals surface area contributed by atoms with Gasteiger partial charge in [-0.1, -0.05) is 18.2 Å². The number of thiophene rings is 1. The fraction of sp³-hybridized carbons (Fsp3) is 0. The summed E-state index contributed by atoms with van der Waals surface area (Å²) in [5.41, 5.74) is 14.8. The Kier molecular flexibility index (Phi) is 3.98. The molecular formula is C19H16N6S. The van der Waals surface area contributed by atoms with Gasteiger partial charge in [0.15, 0.2) is 0 Å². The molecule has 6 N–H and O–H groups in total. The molecule has 7 heteroatoms. The normalized spacial score (nSPS) is 10.8. The number of anilines is 4. The van der Waals surface area contributed by atoms with Crippen LogP contribution >= 0.6 is 11.3 Å². The minimum absolute atomic E-state index is 0.197. The fourth-order valence-corrected chi connectivity index (χ4v) is 3.87. The summed E-state index contributed by atoms with van der Waals surface area (Å²) in [5.74, 6) is 0.781. The van der Waals surface area contributed by atoms with Crippen molar-refractivity contribution in [1.82, 2.24) is 9.97 Å². The molecule has 2 aromatic heterocycles. The molecule has 0 bridgehead atoms. The average Bonchev–Trinajstić information content (AvgIpc) is 3.07. The standard InChI is InChI=1S/C19H16N6S/c20-10-12-7-13(24-17-5-6-23-19(22)25-17)9-14(18(12)21)16-8-11-3-1-2-4-15(11)26-16/h1-10,20H,21H2,(H3,22,23,24,25). The Hall–Kier alpha value is -3.45. The van der Waals surface area contributed by atoms with Crippen LogP contribution in [-0.2, 0) is 0 Å². The molecule has 128 valence electrons. The highest BCUT2D eigenvalue weighted by atomic mass is 32.1. The summed E-state index contributed by atoms with van der Waals surface area (Å²) in [6.07, 6.45) is 2.85. The van der Waals surface area contributed by atoms with Gasteiger partial charge in [0.1, 0.15) is 5.82 Å². The number of hydrogen-bond acceptors (Lipinski definition) is 7. The van der Waals surface area contributed by atoms with Crippen molar-refractivity contribution in [2.75, 3.05) is 16.8 Å². The molecule has 6 nitrogen and oxygen atoms in total. The molecule has 0 radical (unpaired) electrons. The molecular weight excluding hydrogens is 344 g/mol. The molecule has 0 aliphatic rings. The maximum atomic E-state index is 7.69. The molecule has 0 fully saturated rings. The van der Waals surface area contributed by atoms with Crippen LogP contribution in [0.4, 0.5) is 23.1 Å². The molecule has 2 heterocycles. The molecule has 0 amide bonds. The molecule has 0 unspecified atom stereocenters. The number of nitrogens with zero attached hydrogens (tertiary/aromatic N) is 2. The topological polar surface area (TPSA) is 114 Å². The van der Waals surface area contributed by atoms with Crippen molar-refractivity contribution in [1.29, 1.82) is 5.41 Å². The SMILES string of the molecule is N=Cc1cc(Nc2ccnc(N)n2)cc(-c2cc3ccccc3s2)c1N. The van der Waals surface area contributed by atoms with E-state index in [0.29, 0.717) is 17.1 Å². The van der Waals surface area contributed by atoms with Crippen LogP contribution in [0.2, 0.25) is 0 Å². The first-order valence-electron chi connectivity index (χ1n) is 7.92. The number of benzene rings is 2. The van der Waals surface area contributed by atoms with Gasteiger partial charge in [-0.2, -0.15) is 4.98 Å². The van der Waals surface area contributed by atoms with E-state index in [-0.39, 0.29) is 5.95 Å². The van der Waals surface area contributed by atoms with Gasteiger partial charge >= 0.3 is 0 Å². The van der Waals surface area contributed by atoms with E-state index in [2.05, 4.69) is 33.5 Å². The molecule has 4 aromatic rings. The molecule has 0 atom stereocenters. The van der Waals surface area contributed by atoms with Crippen molar-refractivity contribution in [2.24, 2.45) is 0 Å². The number of nitrogen functional groups attached to an aromatic ring is 2. The van der Waals surface area contributed by atoms with Crippen molar-refractivity contribution >= 4 is 50.8 Å². The van der Waals surface area contributed by atoms with E-state index in [1.54, 1.807) is 23.6 Å². The van der Waals surface area contributed by atoms with E-state index in [1.165, 1.54) is 16.3 Å². The Morgan fingerprint density at radius 2 is 1.92 bits per heavy atom. The lowest BCUT2D eigenvalue weighted by Gasteiger charge is -2.12. The van der Waals surface area contributed by atoms with Crippen LogP contribution < -0.4 is 16.8 Å². The Bertz CT molecular complexity index is 1090. The number of nitrogens with one attached hydrogen (secondary N) is 2. The molecule has 0 aliphatic carbocycles. The second-order valence-corrected chi connectivity index (χ2v) is 6.83. The van der Waals surface area contributed by atoms with Crippen molar-refractivity contribution in [3.63, 3.8) is 0 Å². The van der Waals surface area contributed by atoms with Gasteiger partial charge in [0.2, 0.25) is 5.95 Å². The first-order chi connectivity index (χ1) is 12.6. The van der Waals surface area contributed by atoms with Crippen LogP contribution in [0.1, 0.15) is 5.56 Å². The second-order valence-electron chi connectivity index (χ2n) is 5.74. The van der Waals surface area contributed by atoms with Gasteiger partial charge in [-0.15, -0.1) is 11.3 Å². The van der Waals surface area contributed by atoms with Crippen LogP contribution in [0.3, 0.4) is 0 Å². The molecule has 26 heavy (non-hydrogen) atoms. The molecule has 0 spiro atoms. The van der Waals surface area contributed by atoms with Crippen LogP contribution in [0.5, 0.6) is 0 Å². The van der Waals surface area contributed by atoms with Gasteiger partial charge in [-0.05, 0) is 35.7 Å². The lowest BCUT2D eigenvalue weighted by molar-refractivity contribution is 1.18. The van der Waals surface area contributed by atoms with E-state index in [4.69, 9.17) is 16.9 Å². The minimum atomic E-state index is 0.197.